The molecule has 0 aromatic carbocycles. The van der Waals surface area contributed by atoms with Gasteiger partial charge in [0.2, 0.25) is 0 Å². The van der Waals surface area contributed by atoms with Gasteiger partial charge in [0.15, 0.2) is 5.69 Å². The van der Waals surface area contributed by atoms with Crippen LogP contribution in [0.15, 0.2) is 35.4 Å². The molecule has 0 bridgehead atoms. The van der Waals surface area contributed by atoms with E-state index in [0.29, 0.717) is 38.2 Å². The zero-order valence-electron chi connectivity index (χ0n) is 16.6. The van der Waals surface area contributed by atoms with Gasteiger partial charge in [0.05, 0.1) is 6.54 Å². The summed E-state index contributed by atoms with van der Waals surface area (Å²) < 4.78 is 42.4. The molecule has 3 aromatic heterocycles. The first kappa shape index (κ1) is 20.8. The average molecular weight is 435 g/mol. The van der Waals surface area contributed by atoms with Crippen LogP contribution in [-0.2, 0) is 32.7 Å². The van der Waals surface area contributed by atoms with Gasteiger partial charge in [0, 0.05) is 44.5 Å². The van der Waals surface area contributed by atoms with E-state index in [4.69, 9.17) is 0 Å². The van der Waals surface area contributed by atoms with Crippen LogP contribution in [0.5, 0.6) is 0 Å². The third kappa shape index (κ3) is 4.37. The lowest BCUT2D eigenvalue weighted by Gasteiger charge is -2.16. The molecule has 1 unspecified atom stereocenters. The van der Waals surface area contributed by atoms with Crippen LogP contribution in [0, 0.1) is 0 Å². The first-order valence-corrected chi connectivity index (χ1v) is 9.70. The van der Waals surface area contributed by atoms with Crippen molar-refractivity contribution in [3.63, 3.8) is 0 Å². The lowest BCUT2D eigenvalue weighted by atomic mass is 10.1. The standard InChI is InChI=1S/C19H20F3N7O2/c1-27-14(9-15(25-27)19(20,21)22)17(30)24-13-4-5-16-26-29(18(31)28(16)8-6-13)11-12-3-2-7-23-10-12/h2-3,7,9-10,13H,4-6,8,11H2,1H3,(H,24,30). The van der Waals surface area contributed by atoms with Crippen molar-refractivity contribution < 1.29 is 18.0 Å². The van der Waals surface area contributed by atoms with Gasteiger partial charge in [0.25, 0.3) is 5.91 Å². The Bertz CT molecular complexity index is 1150. The highest BCUT2D eigenvalue weighted by atomic mass is 19.4. The van der Waals surface area contributed by atoms with Crippen molar-refractivity contribution in [3.8, 4) is 0 Å². The second kappa shape index (κ2) is 8.00. The van der Waals surface area contributed by atoms with Crippen LogP contribution >= 0.6 is 0 Å². The molecule has 1 amide bonds. The number of carbonyl (C=O) groups is 1. The van der Waals surface area contributed by atoms with E-state index in [9.17, 15) is 22.8 Å². The fraction of sp³-hybridized carbons (Fsp3) is 0.421. The number of pyridine rings is 1. The molecule has 4 heterocycles. The molecule has 1 atom stereocenters. The minimum atomic E-state index is -4.62. The molecule has 0 saturated carbocycles. The summed E-state index contributed by atoms with van der Waals surface area (Å²) in [5, 5.41) is 10.5. The summed E-state index contributed by atoms with van der Waals surface area (Å²) in [5.41, 5.74) is -0.673. The largest absolute Gasteiger partial charge is 0.435 e. The number of alkyl halides is 3. The van der Waals surface area contributed by atoms with Crippen LogP contribution in [0.2, 0.25) is 0 Å². The number of amides is 1. The van der Waals surface area contributed by atoms with Crippen molar-refractivity contribution >= 4 is 5.91 Å². The number of fused-ring (bicyclic) bond motifs is 1. The molecule has 31 heavy (non-hydrogen) atoms. The van der Waals surface area contributed by atoms with Gasteiger partial charge in [-0.1, -0.05) is 6.07 Å². The number of halogens is 3. The van der Waals surface area contributed by atoms with E-state index < -0.39 is 17.8 Å². The van der Waals surface area contributed by atoms with Crippen LogP contribution in [0.1, 0.15) is 40.4 Å². The number of nitrogens with zero attached hydrogens (tertiary/aromatic N) is 6. The lowest BCUT2D eigenvalue weighted by Crippen LogP contribution is -2.36. The third-order valence-corrected chi connectivity index (χ3v) is 5.21. The maximum Gasteiger partial charge on any atom is 0.435 e. The molecule has 1 aliphatic heterocycles. The minimum absolute atomic E-state index is 0.173. The molecule has 0 spiro atoms. The van der Waals surface area contributed by atoms with Crippen molar-refractivity contribution in [2.45, 2.75) is 44.6 Å². The molecule has 0 saturated heterocycles. The van der Waals surface area contributed by atoms with Crippen LogP contribution in [0.3, 0.4) is 0 Å². The van der Waals surface area contributed by atoms with E-state index in [2.05, 4.69) is 20.5 Å². The van der Waals surface area contributed by atoms with Gasteiger partial charge in [-0.05, 0) is 24.5 Å². The van der Waals surface area contributed by atoms with Crippen molar-refractivity contribution in [3.05, 3.63) is 63.9 Å². The van der Waals surface area contributed by atoms with Crippen LogP contribution in [0.4, 0.5) is 13.2 Å². The molecular weight excluding hydrogens is 415 g/mol. The molecule has 164 valence electrons. The van der Waals surface area contributed by atoms with Gasteiger partial charge in [-0.3, -0.25) is 19.0 Å². The van der Waals surface area contributed by atoms with Crippen LogP contribution < -0.4 is 11.0 Å². The van der Waals surface area contributed by atoms with Gasteiger partial charge in [-0.15, -0.1) is 0 Å². The maximum absolute atomic E-state index is 12.8. The summed E-state index contributed by atoms with van der Waals surface area (Å²) in [4.78, 5) is 29.2. The summed E-state index contributed by atoms with van der Waals surface area (Å²) in [6.07, 6.45) is 0.132. The topological polar surface area (TPSA) is 99.6 Å². The number of aromatic nitrogens is 6. The second-order valence-corrected chi connectivity index (χ2v) is 7.40. The Kier molecular flexibility index (Phi) is 5.38. The molecule has 0 aliphatic carbocycles. The number of carbonyl (C=O) groups excluding carboxylic acids is 1. The third-order valence-electron chi connectivity index (χ3n) is 5.21. The summed E-state index contributed by atoms with van der Waals surface area (Å²) in [7, 11) is 1.29. The molecule has 0 fully saturated rings. The Labute approximate surface area is 174 Å². The molecule has 9 nitrogen and oxygen atoms in total. The lowest BCUT2D eigenvalue weighted by molar-refractivity contribution is -0.141. The van der Waals surface area contributed by atoms with Gasteiger partial charge >= 0.3 is 11.9 Å². The molecule has 12 heteroatoms. The monoisotopic (exact) mass is 435 g/mol. The van der Waals surface area contributed by atoms with Crippen molar-refractivity contribution in [2.24, 2.45) is 7.05 Å². The van der Waals surface area contributed by atoms with Gasteiger partial charge in [0.1, 0.15) is 11.5 Å². The Morgan fingerprint density at radius 3 is 2.77 bits per heavy atom. The predicted octanol–water partition coefficient (Wildman–Crippen LogP) is 1.38. The van der Waals surface area contributed by atoms with Gasteiger partial charge in [-0.25, -0.2) is 9.48 Å². The van der Waals surface area contributed by atoms with Crippen LogP contribution in [0.25, 0.3) is 0 Å². The van der Waals surface area contributed by atoms with E-state index in [1.807, 2.05) is 6.07 Å². The van der Waals surface area contributed by atoms with Crippen molar-refractivity contribution in [2.75, 3.05) is 0 Å². The average Bonchev–Trinajstić information content (AvgIpc) is 3.18. The van der Waals surface area contributed by atoms with Crippen LogP contribution in [-0.4, -0.2) is 41.1 Å². The Hall–Kier alpha value is -3.44. The molecule has 4 rings (SSSR count). The van der Waals surface area contributed by atoms with E-state index in [0.717, 1.165) is 16.3 Å². The van der Waals surface area contributed by atoms with Crippen molar-refractivity contribution in [1.29, 1.82) is 0 Å². The number of rotatable bonds is 4. The minimum Gasteiger partial charge on any atom is -0.348 e. The van der Waals surface area contributed by atoms with Gasteiger partial charge < -0.3 is 5.32 Å². The number of nitrogens with one attached hydrogen (secondary N) is 1. The Morgan fingerprint density at radius 1 is 1.29 bits per heavy atom. The molecule has 0 radical (unpaired) electrons. The second-order valence-electron chi connectivity index (χ2n) is 7.40. The Balaban J connectivity index is 1.43. The fourth-order valence-electron chi connectivity index (χ4n) is 3.62. The SMILES string of the molecule is Cn1nc(C(F)(F)F)cc1C(=O)NC1CCc2nn(Cc3cccnc3)c(=O)n2CC1. The molecule has 3 aromatic rings. The highest BCUT2D eigenvalue weighted by Gasteiger charge is 2.35. The predicted molar refractivity (Wildman–Crippen MR) is 102 cm³/mol. The molecular formula is C19H20F3N7O2. The molecule has 1 N–H and O–H groups in total. The zero-order valence-corrected chi connectivity index (χ0v) is 16.6. The fourth-order valence-corrected chi connectivity index (χ4v) is 3.62. The summed E-state index contributed by atoms with van der Waals surface area (Å²) in [5.74, 6) is -0.0189. The van der Waals surface area contributed by atoms with E-state index in [1.54, 1.807) is 23.0 Å². The smallest absolute Gasteiger partial charge is 0.348 e. The quantitative estimate of drug-likeness (QED) is 0.668. The molecule has 1 aliphatic rings. The first-order chi connectivity index (χ1) is 14.7. The van der Waals surface area contributed by atoms with E-state index >= 15 is 0 Å². The first-order valence-electron chi connectivity index (χ1n) is 9.70. The normalized spacial score (nSPS) is 16.6. The summed E-state index contributed by atoms with van der Waals surface area (Å²) >= 11 is 0. The van der Waals surface area contributed by atoms with E-state index in [-0.39, 0.29) is 17.4 Å². The summed E-state index contributed by atoms with van der Waals surface area (Å²) in [6, 6.07) is 4.07. The van der Waals surface area contributed by atoms with Gasteiger partial charge in [-0.2, -0.15) is 23.4 Å². The maximum atomic E-state index is 12.8. The highest BCUT2D eigenvalue weighted by Crippen LogP contribution is 2.28. The summed E-state index contributed by atoms with van der Waals surface area (Å²) in [6.45, 7) is 0.667. The van der Waals surface area contributed by atoms with Crippen molar-refractivity contribution in [1.82, 2.24) is 34.4 Å². The number of aryl methyl sites for hydroxylation is 2. The highest BCUT2D eigenvalue weighted by molar-refractivity contribution is 5.92. The zero-order chi connectivity index (χ0) is 22.2. The number of hydrogen-bond acceptors (Lipinski definition) is 5. The Morgan fingerprint density at radius 2 is 2.10 bits per heavy atom. The number of hydrogen-bond donors (Lipinski definition) is 1. The van der Waals surface area contributed by atoms with E-state index in [1.165, 1.54) is 11.7 Å².